The number of rotatable bonds is 6. The lowest BCUT2D eigenvalue weighted by Crippen LogP contribution is -1.98. The first-order chi connectivity index (χ1) is 17.1. The molecule has 0 spiro atoms. The van der Waals surface area contributed by atoms with Crippen molar-refractivity contribution in [2.24, 2.45) is 14.1 Å². The molecular weight excluding hydrogens is 436 g/mol. The average molecular weight is 461 g/mol. The van der Waals surface area contributed by atoms with Gasteiger partial charge < -0.3 is 24.5 Å². The molecule has 35 heavy (non-hydrogen) atoms. The summed E-state index contributed by atoms with van der Waals surface area (Å²) >= 11 is 0. The lowest BCUT2D eigenvalue weighted by atomic mass is 10.2. The third-order valence-electron chi connectivity index (χ3n) is 6.00. The smallest absolute Gasteiger partial charge is 0.208 e. The molecule has 7 heteroatoms. The maximum absolute atomic E-state index is 6.19. The molecule has 0 fully saturated rings. The summed E-state index contributed by atoms with van der Waals surface area (Å²) < 4.78 is 10.3. The molecular formula is C28H24N6O. The highest BCUT2D eigenvalue weighted by atomic mass is 16.5. The standard InChI is InChI=1S/C28H24N6O/c1-33-25-15-13-21(17-23(25)31-27(33)29-19-9-5-3-6-10-19)35-22-14-16-26-24(18-22)32-28(34(26)2)30-20-11-7-4-8-12-20/h3-18H,1-2H3,(H,29,31)(H,30,32). The molecule has 6 aromatic rings. The van der Waals surface area contributed by atoms with Gasteiger partial charge in [-0.15, -0.1) is 0 Å². The van der Waals surface area contributed by atoms with Gasteiger partial charge >= 0.3 is 0 Å². The predicted octanol–water partition coefficient (Wildman–Crippen LogP) is 6.74. The zero-order valence-electron chi connectivity index (χ0n) is 19.4. The van der Waals surface area contributed by atoms with E-state index in [1.807, 2.05) is 120 Å². The predicted molar refractivity (Wildman–Crippen MR) is 141 cm³/mol. The van der Waals surface area contributed by atoms with Crippen LogP contribution in [0.25, 0.3) is 22.1 Å². The summed E-state index contributed by atoms with van der Waals surface area (Å²) in [5.41, 5.74) is 5.74. The zero-order valence-corrected chi connectivity index (χ0v) is 19.4. The van der Waals surface area contributed by atoms with Crippen LogP contribution in [0.4, 0.5) is 23.3 Å². The molecule has 0 unspecified atom stereocenters. The summed E-state index contributed by atoms with van der Waals surface area (Å²) in [6.45, 7) is 0. The van der Waals surface area contributed by atoms with Crippen LogP contribution in [0.2, 0.25) is 0 Å². The molecule has 0 amide bonds. The molecule has 0 aliphatic rings. The van der Waals surface area contributed by atoms with Gasteiger partial charge in [-0.25, -0.2) is 9.97 Å². The first-order valence-electron chi connectivity index (χ1n) is 11.4. The number of anilines is 4. The van der Waals surface area contributed by atoms with E-state index in [0.29, 0.717) is 0 Å². The van der Waals surface area contributed by atoms with Crippen molar-refractivity contribution in [3.8, 4) is 11.5 Å². The highest BCUT2D eigenvalue weighted by molar-refractivity contribution is 5.82. The van der Waals surface area contributed by atoms with Crippen LogP contribution < -0.4 is 15.4 Å². The van der Waals surface area contributed by atoms with E-state index in [0.717, 1.165) is 56.8 Å². The maximum Gasteiger partial charge on any atom is 0.208 e. The minimum absolute atomic E-state index is 0.722. The normalized spacial score (nSPS) is 11.1. The lowest BCUT2D eigenvalue weighted by molar-refractivity contribution is 0.484. The molecule has 0 aliphatic carbocycles. The van der Waals surface area contributed by atoms with Gasteiger partial charge in [-0.3, -0.25) is 0 Å². The summed E-state index contributed by atoms with van der Waals surface area (Å²) in [7, 11) is 3.99. The molecule has 7 nitrogen and oxygen atoms in total. The topological polar surface area (TPSA) is 68.9 Å². The molecule has 0 saturated carbocycles. The van der Waals surface area contributed by atoms with Crippen molar-refractivity contribution in [3.05, 3.63) is 97.1 Å². The fourth-order valence-electron chi connectivity index (χ4n) is 4.15. The number of nitrogens with one attached hydrogen (secondary N) is 2. The number of ether oxygens (including phenoxy) is 1. The second-order valence-corrected chi connectivity index (χ2v) is 8.37. The van der Waals surface area contributed by atoms with Gasteiger partial charge in [0, 0.05) is 37.6 Å². The summed E-state index contributed by atoms with van der Waals surface area (Å²) in [5, 5.41) is 6.74. The summed E-state index contributed by atoms with van der Waals surface area (Å²) in [6.07, 6.45) is 0. The Bertz CT molecular complexity index is 1510. The van der Waals surface area contributed by atoms with Crippen molar-refractivity contribution >= 4 is 45.3 Å². The van der Waals surface area contributed by atoms with E-state index < -0.39 is 0 Å². The van der Waals surface area contributed by atoms with Crippen molar-refractivity contribution in [2.45, 2.75) is 0 Å². The molecule has 2 N–H and O–H groups in total. The number of aryl methyl sites for hydroxylation is 2. The SMILES string of the molecule is Cn1c(Nc2ccccc2)nc2cc(Oc3ccc4c(c3)nc(Nc3ccccc3)n4C)ccc21. The van der Waals surface area contributed by atoms with E-state index in [2.05, 4.69) is 10.6 Å². The van der Waals surface area contributed by atoms with Gasteiger partial charge in [0.05, 0.1) is 22.1 Å². The Labute approximate surface area is 202 Å². The third kappa shape index (κ3) is 4.04. The highest BCUT2D eigenvalue weighted by Gasteiger charge is 2.12. The molecule has 4 aromatic carbocycles. The second kappa shape index (κ2) is 8.53. The minimum atomic E-state index is 0.722. The number of imidazole rings is 2. The molecule has 6 rings (SSSR count). The molecule has 2 heterocycles. The van der Waals surface area contributed by atoms with Gasteiger partial charge in [0.2, 0.25) is 11.9 Å². The molecule has 0 saturated heterocycles. The number of fused-ring (bicyclic) bond motifs is 2. The number of hydrogen-bond acceptors (Lipinski definition) is 5. The molecule has 2 aromatic heterocycles. The van der Waals surface area contributed by atoms with E-state index in [9.17, 15) is 0 Å². The zero-order chi connectivity index (χ0) is 23.8. The second-order valence-electron chi connectivity index (χ2n) is 8.37. The number of para-hydroxylation sites is 2. The number of aromatic nitrogens is 4. The fraction of sp³-hybridized carbons (Fsp3) is 0.0714. The Morgan fingerprint density at radius 3 is 1.43 bits per heavy atom. The van der Waals surface area contributed by atoms with Gasteiger partial charge in [0.1, 0.15) is 11.5 Å². The van der Waals surface area contributed by atoms with Crippen LogP contribution in [0.15, 0.2) is 97.1 Å². The van der Waals surface area contributed by atoms with Crippen LogP contribution in [-0.4, -0.2) is 19.1 Å². The van der Waals surface area contributed by atoms with E-state index in [4.69, 9.17) is 14.7 Å². The van der Waals surface area contributed by atoms with Gasteiger partial charge in [-0.1, -0.05) is 36.4 Å². The fourth-order valence-corrected chi connectivity index (χ4v) is 4.15. The van der Waals surface area contributed by atoms with Crippen LogP contribution >= 0.6 is 0 Å². The Kier molecular flexibility index (Phi) is 5.07. The summed E-state index contributed by atoms with van der Waals surface area (Å²) in [6, 6.07) is 31.9. The van der Waals surface area contributed by atoms with E-state index in [1.165, 1.54) is 0 Å². The minimum Gasteiger partial charge on any atom is -0.457 e. The van der Waals surface area contributed by atoms with Crippen molar-refractivity contribution in [3.63, 3.8) is 0 Å². The van der Waals surface area contributed by atoms with E-state index >= 15 is 0 Å². The van der Waals surface area contributed by atoms with Crippen molar-refractivity contribution < 1.29 is 4.74 Å². The molecule has 0 bridgehead atoms. The third-order valence-corrected chi connectivity index (χ3v) is 6.00. The Balaban J connectivity index is 1.26. The van der Waals surface area contributed by atoms with Crippen molar-refractivity contribution in [2.75, 3.05) is 10.6 Å². The number of benzene rings is 4. The van der Waals surface area contributed by atoms with Crippen molar-refractivity contribution in [1.82, 2.24) is 19.1 Å². The van der Waals surface area contributed by atoms with E-state index in [1.54, 1.807) is 0 Å². The quantitative estimate of drug-likeness (QED) is 0.288. The van der Waals surface area contributed by atoms with Gasteiger partial charge in [-0.2, -0.15) is 0 Å². The van der Waals surface area contributed by atoms with Crippen molar-refractivity contribution in [1.29, 1.82) is 0 Å². The largest absolute Gasteiger partial charge is 0.457 e. The number of nitrogens with zero attached hydrogens (tertiary/aromatic N) is 4. The Morgan fingerprint density at radius 2 is 1.00 bits per heavy atom. The average Bonchev–Trinajstić information content (AvgIpc) is 3.35. The Hall–Kier alpha value is -4.78. The first-order valence-corrected chi connectivity index (χ1v) is 11.4. The maximum atomic E-state index is 6.19. The summed E-state index contributed by atoms with van der Waals surface area (Å²) in [4.78, 5) is 9.52. The summed E-state index contributed by atoms with van der Waals surface area (Å²) in [5.74, 6) is 2.99. The van der Waals surface area contributed by atoms with Crippen LogP contribution in [0.3, 0.4) is 0 Å². The van der Waals surface area contributed by atoms with Crippen LogP contribution in [0.1, 0.15) is 0 Å². The lowest BCUT2D eigenvalue weighted by Gasteiger charge is -2.07. The Morgan fingerprint density at radius 1 is 0.571 bits per heavy atom. The first kappa shape index (κ1) is 20.8. The van der Waals surface area contributed by atoms with E-state index in [-0.39, 0.29) is 0 Å². The van der Waals surface area contributed by atoms with Gasteiger partial charge in [0.15, 0.2) is 0 Å². The van der Waals surface area contributed by atoms with Gasteiger partial charge in [-0.05, 0) is 48.5 Å². The van der Waals surface area contributed by atoms with Crippen LogP contribution in [-0.2, 0) is 14.1 Å². The highest BCUT2D eigenvalue weighted by Crippen LogP contribution is 2.30. The monoisotopic (exact) mass is 460 g/mol. The molecule has 0 aliphatic heterocycles. The van der Waals surface area contributed by atoms with Crippen LogP contribution in [0, 0.1) is 0 Å². The molecule has 172 valence electrons. The van der Waals surface area contributed by atoms with Gasteiger partial charge in [0.25, 0.3) is 0 Å². The molecule has 0 atom stereocenters. The molecule has 0 radical (unpaired) electrons. The number of hydrogen-bond donors (Lipinski definition) is 2. The van der Waals surface area contributed by atoms with Crippen LogP contribution in [0.5, 0.6) is 11.5 Å².